The SMILES string of the molecule is CC/C(=C(\c1ccc(O)cc1)c1ccc(OCCN2CCN(CCCNc3ccc4c(c3)C[N+]([O-])(C3CCC(=O)NC3=O)C4)CC2)cc1)c1ccccc1. The minimum Gasteiger partial charge on any atom is -0.632 e. The zero-order valence-electron chi connectivity index (χ0n) is 31.1. The van der Waals surface area contributed by atoms with E-state index in [1.165, 1.54) is 11.1 Å². The predicted octanol–water partition coefficient (Wildman–Crippen LogP) is 6.39. The smallest absolute Gasteiger partial charge is 0.285 e. The van der Waals surface area contributed by atoms with E-state index in [1.54, 1.807) is 12.1 Å². The van der Waals surface area contributed by atoms with Gasteiger partial charge in [0.1, 0.15) is 31.2 Å². The number of allylic oxidation sites excluding steroid dienone is 1. The fourth-order valence-corrected chi connectivity index (χ4v) is 8.11. The zero-order valence-corrected chi connectivity index (χ0v) is 31.1. The summed E-state index contributed by atoms with van der Waals surface area (Å²) in [6, 6.07) is 31.7. The second-order valence-corrected chi connectivity index (χ2v) is 14.7. The number of carbonyl (C=O) groups excluding carboxylic acids is 2. The Morgan fingerprint density at radius 3 is 2.20 bits per heavy atom. The average Bonchev–Trinajstić information content (AvgIpc) is 3.53. The number of hydroxylamine groups is 3. The number of phenolic OH excluding ortho intramolecular Hbond substituents is 1. The summed E-state index contributed by atoms with van der Waals surface area (Å²) in [4.78, 5) is 28.9. The number of hydrogen-bond donors (Lipinski definition) is 3. The summed E-state index contributed by atoms with van der Waals surface area (Å²) in [7, 11) is 0. The third-order valence-corrected chi connectivity index (χ3v) is 11.1. The van der Waals surface area contributed by atoms with Crippen LogP contribution in [0.2, 0.25) is 0 Å². The second kappa shape index (κ2) is 17.0. The van der Waals surface area contributed by atoms with Crippen LogP contribution in [0.25, 0.3) is 11.1 Å². The Morgan fingerprint density at radius 1 is 0.852 bits per heavy atom. The number of fused-ring (bicyclic) bond motifs is 1. The molecule has 3 heterocycles. The van der Waals surface area contributed by atoms with Gasteiger partial charge in [0, 0.05) is 68.9 Å². The van der Waals surface area contributed by atoms with E-state index in [4.69, 9.17) is 4.74 Å². The molecule has 10 nitrogen and oxygen atoms in total. The summed E-state index contributed by atoms with van der Waals surface area (Å²) in [6.45, 7) is 10.2. The van der Waals surface area contributed by atoms with Crippen LogP contribution < -0.4 is 15.4 Å². The Hall–Kier alpha value is -5.00. The van der Waals surface area contributed by atoms with E-state index >= 15 is 0 Å². The molecule has 4 aromatic carbocycles. The van der Waals surface area contributed by atoms with Crippen LogP contribution >= 0.6 is 0 Å². The Labute approximate surface area is 318 Å². The standard InChI is InChI=1S/C44H51N5O5/c1-2-40(32-7-4-3-5-8-32)43(33-10-15-38(50)16-11-33)34-12-17-39(18-13-34)54-28-27-48-25-23-47(24-26-48)22-6-21-45-37-14-9-35-30-49(53,31-36(35)29-37)41-19-20-42(51)46-44(41)52/h3-5,7-18,29,41,45,50H,2,6,19-28,30-31H2,1H3,(H,46,51,52)/b43-40-. The van der Waals surface area contributed by atoms with Crippen LogP contribution in [-0.4, -0.2) is 89.8 Å². The summed E-state index contributed by atoms with van der Waals surface area (Å²) < 4.78 is 5.59. The lowest BCUT2D eigenvalue weighted by Gasteiger charge is -2.45. The molecule has 2 atom stereocenters. The van der Waals surface area contributed by atoms with Gasteiger partial charge in [0.15, 0.2) is 6.04 Å². The van der Waals surface area contributed by atoms with E-state index in [9.17, 15) is 19.9 Å². The van der Waals surface area contributed by atoms with Gasteiger partial charge in [-0.25, -0.2) is 0 Å². The largest absolute Gasteiger partial charge is 0.632 e. The molecule has 3 aliphatic heterocycles. The molecule has 282 valence electrons. The molecule has 4 aromatic rings. The predicted molar refractivity (Wildman–Crippen MR) is 212 cm³/mol. The zero-order chi connectivity index (χ0) is 37.5. The van der Waals surface area contributed by atoms with Crippen LogP contribution in [0.5, 0.6) is 11.5 Å². The van der Waals surface area contributed by atoms with Crippen molar-refractivity contribution < 1.29 is 24.1 Å². The van der Waals surface area contributed by atoms with Gasteiger partial charge in [-0.05, 0) is 83.6 Å². The summed E-state index contributed by atoms with van der Waals surface area (Å²) >= 11 is 0. The lowest BCUT2D eigenvalue weighted by Crippen LogP contribution is -2.58. The number of aromatic hydroxyl groups is 1. The van der Waals surface area contributed by atoms with E-state index in [2.05, 4.69) is 82.0 Å². The molecule has 2 unspecified atom stereocenters. The number of nitrogens with zero attached hydrogens (tertiary/aromatic N) is 3. The number of hydrogen-bond acceptors (Lipinski definition) is 8. The fourth-order valence-electron chi connectivity index (χ4n) is 8.11. The van der Waals surface area contributed by atoms with Crippen molar-refractivity contribution in [2.45, 2.75) is 51.7 Å². The van der Waals surface area contributed by atoms with Gasteiger partial charge < -0.3 is 29.9 Å². The number of rotatable bonds is 14. The molecule has 0 radical (unpaired) electrons. The van der Waals surface area contributed by atoms with E-state index < -0.39 is 16.6 Å². The van der Waals surface area contributed by atoms with Gasteiger partial charge in [0.05, 0.1) is 0 Å². The Balaban J connectivity index is 0.834. The van der Waals surface area contributed by atoms with Crippen molar-refractivity contribution in [1.29, 1.82) is 0 Å². The Kier molecular flexibility index (Phi) is 11.7. The summed E-state index contributed by atoms with van der Waals surface area (Å²) in [5, 5.41) is 29.4. The van der Waals surface area contributed by atoms with Gasteiger partial charge in [-0.3, -0.25) is 19.8 Å². The molecule has 0 aromatic heterocycles. The summed E-state index contributed by atoms with van der Waals surface area (Å²) in [5.74, 6) is 0.379. The molecule has 7 rings (SSSR count). The van der Waals surface area contributed by atoms with Crippen molar-refractivity contribution in [2.24, 2.45) is 0 Å². The highest BCUT2D eigenvalue weighted by Crippen LogP contribution is 2.37. The van der Waals surface area contributed by atoms with Gasteiger partial charge in [-0.15, -0.1) is 0 Å². The number of benzene rings is 4. The first-order valence-electron chi connectivity index (χ1n) is 19.3. The third-order valence-electron chi connectivity index (χ3n) is 11.1. The van der Waals surface area contributed by atoms with Gasteiger partial charge >= 0.3 is 0 Å². The molecule has 0 aliphatic carbocycles. The molecule has 0 spiro atoms. The molecule has 2 saturated heterocycles. The van der Waals surface area contributed by atoms with Gasteiger partial charge in [0.25, 0.3) is 5.91 Å². The van der Waals surface area contributed by atoms with Crippen LogP contribution in [0.1, 0.15) is 60.4 Å². The number of amides is 2. The highest BCUT2D eigenvalue weighted by atomic mass is 16.5. The lowest BCUT2D eigenvalue weighted by atomic mass is 9.88. The van der Waals surface area contributed by atoms with E-state index in [-0.39, 0.29) is 31.2 Å². The minimum atomic E-state index is -0.729. The number of anilines is 1. The fraction of sp³-hybridized carbons (Fsp3) is 0.364. The molecule has 3 aliphatic rings. The molecule has 10 heteroatoms. The normalized spacial score (nSPS) is 21.0. The Bertz CT molecular complexity index is 1940. The summed E-state index contributed by atoms with van der Waals surface area (Å²) in [5.41, 5.74) is 8.76. The second-order valence-electron chi connectivity index (χ2n) is 14.7. The van der Waals surface area contributed by atoms with Crippen LogP contribution in [0.15, 0.2) is 97.1 Å². The van der Waals surface area contributed by atoms with Gasteiger partial charge in [-0.2, -0.15) is 0 Å². The quantitative estimate of drug-likeness (QED) is 0.0450. The highest BCUT2D eigenvalue weighted by Gasteiger charge is 2.43. The molecular weight excluding hydrogens is 679 g/mol. The van der Waals surface area contributed by atoms with Crippen LogP contribution in [-0.2, 0) is 22.7 Å². The molecule has 2 amide bonds. The maximum Gasteiger partial charge on any atom is 0.285 e. The van der Waals surface area contributed by atoms with Crippen molar-refractivity contribution in [3.63, 3.8) is 0 Å². The molecule has 2 fully saturated rings. The number of piperazine rings is 1. The molecule has 54 heavy (non-hydrogen) atoms. The number of carbonyl (C=O) groups is 2. The van der Waals surface area contributed by atoms with Crippen molar-refractivity contribution >= 4 is 28.6 Å². The highest BCUT2D eigenvalue weighted by molar-refractivity contribution is 6.00. The number of quaternary nitrogens is 1. The van der Waals surface area contributed by atoms with Crippen molar-refractivity contribution in [1.82, 2.24) is 15.1 Å². The molecule has 0 bridgehead atoms. The van der Waals surface area contributed by atoms with Gasteiger partial charge in [0.2, 0.25) is 5.91 Å². The van der Waals surface area contributed by atoms with Crippen molar-refractivity contribution in [2.75, 3.05) is 57.7 Å². The first-order chi connectivity index (χ1) is 26.3. The number of phenols is 1. The molecule has 3 N–H and O–H groups in total. The summed E-state index contributed by atoms with van der Waals surface area (Å²) in [6.07, 6.45) is 2.42. The number of piperidine rings is 1. The average molecular weight is 730 g/mol. The molecular formula is C44H51N5O5. The van der Waals surface area contributed by atoms with Crippen molar-refractivity contribution in [3.8, 4) is 11.5 Å². The molecule has 0 saturated carbocycles. The monoisotopic (exact) mass is 729 g/mol. The maximum atomic E-state index is 13.6. The topological polar surface area (TPSA) is 117 Å². The van der Waals surface area contributed by atoms with Crippen LogP contribution in [0.4, 0.5) is 5.69 Å². The van der Waals surface area contributed by atoms with Crippen molar-refractivity contribution in [3.05, 3.63) is 130 Å². The third kappa shape index (κ3) is 8.85. The van der Waals surface area contributed by atoms with E-state index in [1.807, 2.05) is 30.3 Å². The van der Waals surface area contributed by atoms with E-state index in [0.717, 1.165) is 97.9 Å². The van der Waals surface area contributed by atoms with Crippen LogP contribution in [0, 0.1) is 5.21 Å². The first-order valence-corrected chi connectivity index (χ1v) is 19.3. The lowest BCUT2D eigenvalue weighted by molar-refractivity contribution is -0.916. The van der Waals surface area contributed by atoms with E-state index in [0.29, 0.717) is 13.0 Å². The van der Waals surface area contributed by atoms with Crippen LogP contribution in [0.3, 0.4) is 0 Å². The number of nitrogens with one attached hydrogen (secondary N) is 2. The number of ether oxygens (including phenoxy) is 1. The van der Waals surface area contributed by atoms with Gasteiger partial charge in [-0.1, -0.05) is 67.6 Å². The number of imide groups is 1. The Morgan fingerprint density at radius 2 is 1.52 bits per heavy atom. The first kappa shape index (κ1) is 37.3. The maximum absolute atomic E-state index is 13.6. The minimum absolute atomic E-state index is 0.223.